The normalized spacial score (nSPS) is 12.5. The molecule has 0 saturated carbocycles. The maximum Gasteiger partial charge on any atom is 0.416 e. The molecule has 3 rings (SSSR count). The zero-order valence-corrected chi connectivity index (χ0v) is 12.1. The molecule has 2 heterocycles. The predicted octanol–water partition coefficient (Wildman–Crippen LogP) is 4.21. The van der Waals surface area contributed by atoms with Crippen LogP contribution in [0.3, 0.4) is 0 Å². The molecule has 0 spiro atoms. The molecule has 2 aromatic heterocycles. The molecule has 7 heteroatoms. The molecular weight excluding hydrogens is 321 g/mol. The Bertz CT molecular complexity index is 925. The second kappa shape index (κ2) is 5.84. The topological polar surface area (TPSA) is 66.0 Å². The predicted molar refractivity (Wildman–Crippen MR) is 83.0 cm³/mol. The van der Waals surface area contributed by atoms with E-state index in [0.29, 0.717) is 11.2 Å². The molecule has 0 atom stereocenters. The number of halogens is 3. The number of aliphatic carboxylic acids is 1. The average molecular weight is 332 g/mol. The first-order valence-electron chi connectivity index (χ1n) is 6.91. The third kappa shape index (κ3) is 3.01. The van der Waals surface area contributed by atoms with Crippen LogP contribution in [0.1, 0.15) is 16.7 Å². The molecule has 0 aliphatic carbocycles. The van der Waals surface area contributed by atoms with Crippen molar-refractivity contribution in [2.24, 2.45) is 0 Å². The Morgan fingerprint density at radius 2 is 1.88 bits per heavy atom. The molecule has 0 aliphatic rings. The van der Waals surface area contributed by atoms with E-state index in [9.17, 15) is 23.1 Å². The van der Waals surface area contributed by atoms with Crippen molar-refractivity contribution in [3.63, 3.8) is 0 Å². The van der Waals surface area contributed by atoms with Crippen LogP contribution < -0.4 is 0 Å². The van der Waals surface area contributed by atoms with E-state index in [2.05, 4.69) is 9.97 Å². The molecule has 0 bridgehead atoms. The molecule has 0 fully saturated rings. The molecule has 24 heavy (non-hydrogen) atoms. The summed E-state index contributed by atoms with van der Waals surface area (Å²) in [4.78, 5) is 18.6. The van der Waals surface area contributed by atoms with Crippen molar-refractivity contribution in [2.45, 2.75) is 6.18 Å². The van der Waals surface area contributed by atoms with Gasteiger partial charge in [-0.3, -0.25) is 0 Å². The summed E-state index contributed by atoms with van der Waals surface area (Å²) in [5, 5.41) is 10.1. The van der Waals surface area contributed by atoms with Gasteiger partial charge in [-0.2, -0.15) is 13.2 Å². The number of carboxylic acids is 1. The summed E-state index contributed by atoms with van der Waals surface area (Å²) in [5.74, 6) is -1.23. The van der Waals surface area contributed by atoms with Gasteiger partial charge in [0, 0.05) is 23.3 Å². The third-order valence-electron chi connectivity index (χ3n) is 3.54. The number of hydrogen-bond acceptors (Lipinski definition) is 2. The van der Waals surface area contributed by atoms with E-state index in [1.54, 1.807) is 24.5 Å². The minimum atomic E-state index is -4.46. The first-order chi connectivity index (χ1) is 11.4. The molecule has 4 nitrogen and oxygen atoms in total. The van der Waals surface area contributed by atoms with Gasteiger partial charge in [0.1, 0.15) is 5.65 Å². The van der Waals surface area contributed by atoms with E-state index < -0.39 is 17.7 Å². The molecule has 0 saturated heterocycles. The van der Waals surface area contributed by atoms with Gasteiger partial charge in [-0.1, -0.05) is 12.1 Å². The number of nitrogens with one attached hydrogen (secondary N) is 1. The summed E-state index contributed by atoms with van der Waals surface area (Å²) in [5.41, 5.74) is 0.450. The number of carboxylic acid groups (broad SMARTS) is 1. The monoisotopic (exact) mass is 332 g/mol. The lowest BCUT2D eigenvalue weighted by atomic mass is 10.0. The number of pyridine rings is 1. The number of carbonyl (C=O) groups is 1. The van der Waals surface area contributed by atoms with Gasteiger partial charge in [-0.05, 0) is 35.9 Å². The summed E-state index contributed by atoms with van der Waals surface area (Å²) in [6, 6.07) is 7.51. The Balaban J connectivity index is 2.06. The van der Waals surface area contributed by atoms with Crippen molar-refractivity contribution in [1.29, 1.82) is 0 Å². The highest BCUT2D eigenvalue weighted by Gasteiger charge is 2.30. The highest BCUT2D eigenvalue weighted by atomic mass is 19.4. The highest BCUT2D eigenvalue weighted by molar-refractivity contribution is 6.21. The molecule has 122 valence electrons. The van der Waals surface area contributed by atoms with E-state index in [-0.39, 0.29) is 11.1 Å². The number of benzene rings is 1. The van der Waals surface area contributed by atoms with Crippen molar-refractivity contribution in [1.82, 2.24) is 9.97 Å². The van der Waals surface area contributed by atoms with Crippen LogP contribution in [0, 0.1) is 0 Å². The molecule has 1 aromatic carbocycles. The van der Waals surface area contributed by atoms with E-state index in [0.717, 1.165) is 29.7 Å². The van der Waals surface area contributed by atoms with Gasteiger partial charge in [-0.15, -0.1) is 0 Å². The Kier molecular flexibility index (Phi) is 3.84. The molecule has 2 N–H and O–H groups in total. The van der Waals surface area contributed by atoms with Crippen LogP contribution in [0.4, 0.5) is 13.2 Å². The number of rotatable bonds is 3. The highest BCUT2D eigenvalue weighted by Crippen LogP contribution is 2.31. The fourth-order valence-corrected chi connectivity index (χ4v) is 2.36. The lowest BCUT2D eigenvalue weighted by Crippen LogP contribution is -2.05. The zero-order valence-electron chi connectivity index (χ0n) is 12.1. The van der Waals surface area contributed by atoms with Gasteiger partial charge in [-0.25, -0.2) is 9.78 Å². The first-order valence-corrected chi connectivity index (χ1v) is 6.91. The lowest BCUT2D eigenvalue weighted by molar-refractivity contribution is -0.137. The van der Waals surface area contributed by atoms with Crippen LogP contribution in [-0.2, 0) is 11.0 Å². The minimum absolute atomic E-state index is 0.103. The largest absolute Gasteiger partial charge is 0.478 e. The van der Waals surface area contributed by atoms with Crippen LogP contribution in [0.2, 0.25) is 0 Å². The van der Waals surface area contributed by atoms with Gasteiger partial charge in [0.15, 0.2) is 0 Å². The second-order valence-corrected chi connectivity index (χ2v) is 5.08. The number of aromatic nitrogens is 2. The van der Waals surface area contributed by atoms with Crippen molar-refractivity contribution >= 4 is 28.7 Å². The van der Waals surface area contributed by atoms with Crippen molar-refractivity contribution in [3.05, 3.63) is 65.5 Å². The summed E-state index contributed by atoms with van der Waals surface area (Å²) in [6.07, 6.45) is 0.143. The fraction of sp³-hybridized carbons (Fsp3) is 0.0588. The average Bonchev–Trinajstić information content (AvgIpc) is 2.95. The van der Waals surface area contributed by atoms with E-state index in [1.165, 1.54) is 6.08 Å². The Morgan fingerprint density at radius 1 is 1.17 bits per heavy atom. The summed E-state index contributed by atoms with van der Waals surface area (Å²) < 4.78 is 37.9. The third-order valence-corrected chi connectivity index (χ3v) is 3.54. The Hall–Kier alpha value is -3.09. The Morgan fingerprint density at radius 3 is 2.50 bits per heavy atom. The molecule has 0 aliphatic heterocycles. The van der Waals surface area contributed by atoms with Gasteiger partial charge in [0.25, 0.3) is 0 Å². The summed E-state index contributed by atoms with van der Waals surface area (Å²) >= 11 is 0. The SMILES string of the molecule is O=C(O)C(=Cc1c[nH]c2ncccc12)c1ccc(C(F)(F)F)cc1. The van der Waals surface area contributed by atoms with Crippen LogP contribution in [-0.4, -0.2) is 21.0 Å². The minimum Gasteiger partial charge on any atom is -0.478 e. The fourth-order valence-electron chi connectivity index (χ4n) is 2.36. The van der Waals surface area contributed by atoms with Crippen molar-refractivity contribution in [2.75, 3.05) is 0 Å². The summed E-state index contributed by atoms with van der Waals surface area (Å²) in [7, 11) is 0. The molecule has 3 aromatic rings. The number of hydrogen-bond donors (Lipinski definition) is 2. The number of aromatic amines is 1. The smallest absolute Gasteiger partial charge is 0.416 e. The van der Waals surface area contributed by atoms with Crippen molar-refractivity contribution < 1.29 is 23.1 Å². The van der Waals surface area contributed by atoms with Crippen LogP contribution in [0.15, 0.2) is 48.8 Å². The number of H-pyrrole nitrogens is 1. The van der Waals surface area contributed by atoms with Crippen molar-refractivity contribution in [3.8, 4) is 0 Å². The van der Waals surface area contributed by atoms with Crippen LogP contribution >= 0.6 is 0 Å². The van der Waals surface area contributed by atoms with E-state index in [1.807, 2.05) is 0 Å². The quantitative estimate of drug-likeness (QED) is 0.706. The second-order valence-electron chi connectivity index (χ2n) is 5.08. The van der Waals surface area contributed by atoms with E-state index in [4.69, 9.17) is 0 Å². The number of fused-ring (bicyclic) bond motifs is 1. The van der Waals surface area contributed by atoms with Gasteiger partial charge >= 0.3 is 12.1 Å². The van der Waals surface area contributed by atoms with Crippen LogP contribution in [0.25, 0.3) is 22.7 Å². The van der Waals surface area contributed by atoms with Gasteiger partial charge in [0.2, 0.25) is 0 Å². The zero-order chi connectivity index (χ0) is 17.3. The standard InChI is InChI=1S/C17H11F3N2O2/c18-17(19,20)12-5-3-10(4-6-12)14(16(23)24)8-11-9-22-15-13(11)2-1-7-21-15/h1-9H,(H,21,22)(H,23,24). The first kappa shape index (κ1) is 15.8. The van der Waals surface area contributed by atoms with E-state index >= 15 is 0 Å². The maximum absolute atomic E-state index is 12.6. The molecular formula is C17H11F3N2O2. The molecule has 0 amide bonds. The molecule has 0 unspecified atom stereocenters. The number of alkyl halides is 3. The van der Waals surface area contributed by atoms with Gasteiger partial charge in [0.05, 0.1) is 11.1 Å². The van der Waals surface area contributed by atoms with Gasteiger partial charge < -0.3 is 10.1 Å². The summed E-state index contributed by atoms with van der Waals surface area (Å²) in [6.45, 7) is 0. The maximum atomic E-state index is 12.6. The molecule has 0 radical (unpaired) electrons. The lowest BCUT2D eigenvalue weighted by Gasteiger charge is -2.08. The number of nitrogens with zero attached hydrogens (tertiary/aromatic N) is 1. The van der Waals surface area contributed by atoms with Crippen LogP contribution in [0.5, 0.6) is 0 Å². The Labute approximate surface area is 134 Å².